The second-order valence-corrected chi connectivity index (χ2v) is 8.52. The summed E-state index contributed by atoms with van der Waals surface area (Å²) >= 11 is 0. The average molecular weight is 439 g/mol. The van der Waals surface area contributed by atoms with Gasteiger partial charge in [0.15, 0.2) is 11.5 Å². The van der Waals surface area contributed by atoms with Crippen LogP contribution in [0.5, 0.6) is 11.5 Å². The number of fused-ring (bicyclic) bond motifs is 1. The number of carbonyl (C=O) groups excluding carboxylic acids is 2. The van der Waals surface area contributed by atoms with Crippen molar-refractivity contribution < 1.29 is 19.1 Å². The van der Waals surface area contributed by atoms with Crippen LogP contribution in [0.4, 0.5) is 10.5 Å². The van der Waals surface area contributed by atoms with Gasteiger partial charge in [0.25, 0.3) is 0 Å². The van der Waals surface area contributed by atoms with Crippen LogP contribution in [-0.4, -0.2) is 61.3 Å². The summed E-state index contributed by atoms with van der Waals surface area (Å²) in [6, 6.07) is 13.3. The second kappa shape index (κ2) is 10.0. The summed E-state index contributed by atoms with van der Waals surface area (Å²) < 4.78 is 10.5. The number of nitrogens with zero attached hydrogens (tertiary/aromatic N) is 2. The zero-order chi connectivity index (χ0) is 22.5. The van der Waals surface area contributed by atoms with Gasteiger partial charge in [0.05, 0.1) is 6.54 Å². The van der Waals surface area contributed by atoms with Crippen molar-refractivity contribution in [3.8, 4) is 11.5 Å². The lowest BCUT2D eigenvalue weighted by Gasteiger charge is -2.34. The van der Waals surface area contributed by atoms with Gasteiger partial charge in [-0.05, 0) is 29.2 Å². The fraction of sp³-hybridized carbons (Fsp3) is 0.417. The van der Waals surface area contributed by atoms with Gasteiger partial charge in [-0.3, -0.25) is 19.9 Å². The predicted molar refractivity (Wildman–Crippen MR) is 122 cm³/mol. The van der Waals surface area contributed by atoms with Crippen LogP contribution >= 0.6 is 0 Å². The first-order valence-corrected chi connectivity index (χ1v) is 11.0. The Hall–Kier alpha value is -3.10. The van der Waals surface area contributed by atoms with Crippen molar-refractivity contribution >= 4 is 17.6 Å². The molecule has 2 heterocycles. The van der Waals surface area contributed by atoms with Gasteiger partial charge in [-0.2, -0.15) is 0 Å². The van der Waals surface area contributed by atoms with Crippen molar-refractivity contribution in [2.75, 3.05) is 44.8 Å². The first-order valence-electron chi connectivity index (χ1n) is 11.0. The topological polar surface area (TPSA) is 83.1 Å². The molecule has 2 N–H and O–H groups in total. The molecule has 4 rings (SSSR count). The number of piperazine rings is 1. The summed E-state index contributed by atoms with van der Waals surface area (Å²) in [6.45, 7) is 9.05. The lowest BCUT2D eigenvalue weighted by atomic mass is 10.0. The molecule has 8 nitrogen and oxygen atoms in total. The Labute approximate surface area is 188 Å². The van der Waals surface area contributed by atoms with Crippen molar-refractivity contribution in [3.63, 3.8) is 0 Å². The molecule has 0 aromatic heterocycles. The third kappa shape index (κ3) is 5.77. The Morgan fingerprint density at radius 3 is 2.34 bits per heavy atom. The molecule has 0 radical (unpaired) electrons. The maximum Gasteiger partial charge on any atom is 0.325 e. The second-order valence-electron chi connectivity index (χ2n) is 8.52. The van der Waals surface area contributed by atoms with Crippen LogP contribution in [-0.2, 0) is 11.3 Å². The fourth-order valence-corrected chi connectivity index (χ4v) is 3.88. The molecule has 2 aromatic carbocycles. The van der Waals surface area contributed by atoms with Crippen molar-refractivity contribution in [2.24, 2.45) is 0 Å². The van der Waals surface area contributed by atoms with Crippen LogP contribution in [0.1, 0.15) is 30.9 Å². The minimum atomic E-state index is -0.558. The summed E-state index contributed by atoms with van der Waals surface area (Å²) in [7, 11) is 0. The van der Waals surface area contributed by atoms with E-state index >= 15 is 0 Å². The number of benzene rings is 2. The largest absolute Gasteiger partial charge is 0.454 e. The predicted octanol–water partition coefficient (Wildman–Crippen LogP) is 3.00. The number of nitrogens with one attached hydrogen (secondary N) is 2. The Morgan fingerprint density at radius 1 is 0.938 bits per heavy atom. The maximum atomic E-state index is 12.3. The lowest BCUT2D eigenvalue weighted by molar-refractivity contribution is -0.121. The van der Waals surface area contributed by atoms with Gasteiger partial charge in [-0.1, -0.05) is 38.1 Å². The Morgan fingerprint density at radius 2 is 1.62 bits per heavy atom. The average Bonchev–Trinajstić information content (AvgIpc) is 3.23. The highest BCUT2D eigenvalue weighted by Crippen LogP contribution is 2.34. The molecule has 32 heavy (non-hydrogen) atoms. The van der Waals surface area contributed by atoms with Crippen LogP contribution in [0.15, 0.2) is 42.5 Å². The fourth-order valence-electron chi connectivity index (χ4n) is 3.88. The standard InChI is InChI=1S/C24H30N4O4/c1-17(2)19-5-3-18(4-6-19)14-27-9-11-28(12-10-27)15-23(29)26-24(30)25-20-7-8-21-22(13-20)32-16-31-21/h3-8,13,17H,9-12,14-16H2,1-2H3,(H2,25,26,29,30). The third-order valence-electron chi connectivity index (χ3n) is 5.77. The van der Waals surface area contributed by atoms with Crippen LogP contribution in [0, 0.1) is 0 Å². The number of hydrogen-bond acceptors (Lipinski definition) is 6. The Balaban J connectivity index is 1.17. The molecule has 8 heteroatoms. The van der Waals surface area contributed by atoms with Crippen molar-refractivity contribution in [1.82, 2.24) is 15.1 Å². The van der Waals surface area contributed by atoms with Crippen molar-refractivity contribution in [2.45, 2.75) is 26.3 Å². The number of amides is 3. The number of hydrogen-bond donors (Lipinski definition) is 2. The van der Waals surface area contributed by atoms with Gasteiger partial charge in [0, 0.05) is 44.5 Å². The van der Waals surface area contributed by atoms with E-state index in [1.807, 2.05) is 0 Å². The number of anilines is 1. The van der Waals surface area contributed by atoms with E-state index in [1.165, 1.54) is 11.1 Å². The highest BCUT2D eigenvalue weighted by molar-refractivity contribution is 6.01. The first-order chi connectivity index (χ1) is 15.5. The number of imide groups is 1. The molecule has 2 aliphatic rings. The molecule has 0 saturated carbocycles. The number of urea groups is 1. The smallest absolute Gasteiger partial charge is 0.325 e. The van der Waals surface area contributed by atoms with Gasteiger partial charge in [-0.25, -0.2) is 4.79 Å². The molecule has 170 valence electrons. The molecule has 0 unspecified atom stereocenters. The minimum absolute atomic E-state index is 0.168. The van der Waals surface area contributed by atoms with Gasteiger partial charge >= 0.3 is 6.03 Å². The summed E-state index contributed by atoms with van der Waals surface area (Å²) in [5.74, 6) is 1.43. The number of carbonyl (C=O) groups is 2. The van der Waals surface area contributed by atoms with E-state index in [2.05, 4.69) is 58.5 Å². The number of ether oxygens (including phenoxy) is 2. The lowest BCUT2D eigenvalue weighted by Crippen LogP contribution is -2.50. The van der Waals surface area contributed by atoms with E-state index in [1.54, 1.807) is 18.2 Å². The summed E-state index contributed by atoms with van der Waals surface area (Å²) in [6.07, 6.45) is 0. The molecule has 0 bridgehead atoms. The molecule has 0 spiro atoms. The van der Waals surface area contributed by atoms with Crippen molar-refractivity contribution in [1.29, 1.82) is 0 Å². The van der Waals surface area contributed by atoms with Gasteiger partial charge in [0.1, 0.15) is 0 Å². The first kappa shape index (κ1) is 22.1. The summed E-state index contributed by atoms with van der Waals surface area (Å²) in [5.41, 5.74) is 3.20. The van der Waals surface area contributed by atoms with E-state index in [-0.39, 0.29) is 19.2 Å². The SMILES string of the molecule is CC(C)c1ccc(CN2CCN(CC(=O)NC(=O)Nc3ccc4c(c3)OCO4)CC2)cc1. The third-order valence-corrected chi connectivity index (χ3v) is 5.77. The van der Waals surface area contributed by atoms with E-state index in [0.717, 1.165) is 32.7 Å². The molecule has 3 amide bonds. The number of rotatable bonds is 6. The molecule has 2 aromatic rings. The molecule has 2 aliphatic heterocycles. The zero-order valence-corrected chi connectivity index (χ0v) is 18.6. The zero-order valence-electron chi connectivity index (χ0n) is 18.6. The van der Waals surface area contributed by atoms with E-state index in [4.69, 9.17) is 9.47 Å². The van der Waals surface area contributed by atoms with E-state index in [0.29, 0.717) is 23.1 Å². The molecular formula is C24H30N4O4. The van der Waals surface area contributed by atoms with Crippen LogP contribution in [0.2, 0.25) is 0 Å². The molecule has 1 saturated heterocycles. The van der Waals surface area contributed by atoms with E-state index < -0.39 is 6.03 Å². The highest BCUT2D eigenvalue weighted by Gasteiger charge is 2.20. The summed E-state index contributed by atoms with van der Waals surface area (Å²) in [5, 5.41) is 5.04. The maximum absolute atomic E-state index is 12.3. The van der Waals surface area contributed by atoms with Gasteiger partial charge < -0.3 is 14.8 Å². The summed E-state index contributed by atoms with van der Waals surface area (Å²) in [4.78, 5) is 28.9. The quantitative estimate of drug-likeness (QED) is 0.722. The normalized spacial score (nSPS) is 16.2. The van der Waals surface area contributed by atoms with Crippen LogP contribution < -0.4 is 20.1 Å². The monoisotopic (exact) mass is 438 g/mol. The Kier molecular flexibility index (Phi) is 6.92. The van der Waals surface area contributed by atoms with Crippen LogP contribution in [0.25, 0.3) is 0 Å². The molecule has 0 atom stereocenters. The minimum Gasteiger partial charge on any atom is -0.454 e. The Bertz CT molecular complexity index is 953. The van der Waals surface area contributed by atoms with Gasteiger partial charge in [-0.15, -0.1) is 0 Å². The van der Waals surface area contributed by atoms with Gasteiger partial charge in [0.2, 0.25) is 12.7 Å². The molecule has 1 fully saturated rings. The van der Waals surface area contributed by atoms with E-state index in [9.17, 15) is 9.59 Å². The molecule has 0 aliphatic carbocycles. The highest BCUT2D eigenvalue weighted by atomic mass is 16.7. The van der Waals surface area contributed by atoms with Crippen molar-refractivity contribution in [3.05, 3.63) is 53.6 Å². The van der Waals surface area contributed by atoms with Crippen LogP contribution in [0.3, 0.4) is 0 Å². The molecular weight excluding hydrogens is 408 g/mol.